The molecule has 3 heteroatoms. The van der Waals surface area contributed by atoms with Crippen LogP contribution >= 0.6 is 0 Å². The van der Waals surface area contributed by atoms with Crippen molar-refractivity contribution in [1.29, 1.82) is 0 Å². The van der Waals surface area contributed by atoms with Gasteiger partial charge in [0.15, 0.2) is 0 Å². The maximum Gasteiger partial charge on any atom is 0.0537 e. The molecule has 14 heavy (non-hydrogen) atoms. The summed E-state index contributed by atoms with van der Waals surface area (Å²) in [5.74, 6) is 0. The molecular weight excluding hydrogens is 174 g/mol. The Balaban J connectivity index is 2.19. The first-order valence-corrected chi connectivity index (χ1v) is 5.39. The number of hydrogen-bond acceptors (Lipinski definition) is 2. The van der Waals surface area contributed by atoms with E-state index in [1.165, 1.54) is 18.4 Å². The third kappa shape index (κ3) is 1.57. The Morgan fingerprint density at radius 3 is 2.79 bits per heavy atom. The van der Waals surface area contributed by atoms with E-state index in [0.717, 1.165) is 6.54 Å². The Morgan fingerprint density at radius 2 is 2.36 bits per heavy atom. The average molecular weight is 193 g/mol. The summed E-state index contributed by atoms with van der Waals surface area (Å²) in [5.41, 5.74) is 1.80. The van der Waals surface area contributed by atoms with Gasteiger partial charge in [-0.1, -0.05) is 6.92 Å². The molecule has 2 rings (SSSR count). The zero-order valence-corrected chi connectivity index (χ0v) is 9.25. The highest BCUT2D eigenvalue weighted by Crippen LogP contribution is 2.54. The Kier molecular flexibility index (Phi) is 2.35. The van der Waals surface area contributed by atoms with Crippen LogP contribution < -0.4 is 5.32 Å². The normalized spacial score (nSPS) is 20.8. The predicted octanol–water partition coefficient (Wildman–Crippen LogP) is 1.96. The molecule has 1 unspecified atom stereocenters. The van der Waals surface area contributed by atoms with Crippen molar-refractivity contribution in [3.05, 3.63) is 18.0 Å². The molecule has 78 valence electrons. The van der Waals surface area contributed by atoms with Crippen LogP contribution in [0.2, 0.25) is 0 Å². The van der Waals surface area contributed by atoms with E-state index < -0.39 is 0 Å². The third-order valence-corrected chi connectivity index (χ3v) is 3.33. The van der Waals surface area contributed by atoms with Crippen molar-refractivity contribution in [3.63, 3.8) is 0 Å². The SMILES string of the molecule is CCn1cc(C(NC)C2(C)CC2)cn1. The van der Waals surface area contributed by atoms with Crippen molar-refractivity contribution in [1.82, 2.24) is 15.1 Å². The minimum atomic E-state index is 0.469. The highest BCUT2D eigenvalue weighted by Gasteiger charge is 2.45. The van der Waals surface area contributed by atoms with Gasteiger partial charge < -0.3 is 5.32 Å². The molecule has 1 aromatic heterocycles. The van der Waals surface area contributed by atoms with E-state index in [1.807, 2.05) is 17.9 Å². The van der Waals surface area contributed by atoms with Crippen LogP contribution in [0.5, 0.6) is 0 Å². The number of hydrogen-bond donors (Lipinski definition) is 1. The molecule has 1 fully saturated rings. The van der Waals surface area contributed by atoms with Crippen LogP contribution in [-0.2, 0) is 6.54 Å². The molecule has 0 spiro atoms. The lowest BCUT2D eigenvalue weighted by molar-refractivity contribution is 0.390. The van der Waals surface area contributed by atoms with Crippen LogP contribution in [0.25, 0.3) is 0 Å². The average Bonchev–Trinajstić information content (AvgIpc) is 2.76. The minimum absolute atomic E-state index is 0.469. The number of aryl methyl sites for hydroxylation is 1. The van der Waals surface area contributed by atoms with Crippen LogP contribution in [-0.4, -0.2) is 16.8 Å². The van der Waals surface area contributed by atoms with Gasteiger partial charge in [-0.25, -0.2) is 0 Å². The van der Waals surface area contributed by atoms with Crippen LogP contribution in [0.1, 0.15) is 38.3 Å². The van der Waals surface area contributed by atoms with Gasteiger partial charge in [0, 0.05) is 24.3 Å². The van der Waals surface area contributed by atoms with E-state index in [-0.39, 0.29) is 0 Å². The van der Waals surface area contributed by atoms with E-state index in [9.17, 15) is 0 Å². The minimum Gasteiger partial charge on any atom is -0.312 e. The number of aromatic nitrogens is 2. The van der Waals surface area contributed by atoms with Gasteiger partial charge >= 0.3 is 0 Å². The zero-order chi connectivity index (χ0) is 10.2. The molecular formula is C11H19N3. The van der Waals surface area contributed by atoms with Crippen molar-refractivity contribution in [2.75, 3.05) is 7.05 Å². The first kappa shape index (κ1) is 9.71. The van der Waals surface area contributed by atoms with Crippen LogP contribution in [0, 0.1) is 5.41 Å². The molecule has 0 saturated heterocycles. The van der Waals surface area contributed by atoms with Crippen molar-refractivity contribution >= 4 is 0 Å². The first-order chi connectivity index (χ1) is 6.69. The van der Waals surface area contributed by atoms with Gasteiger partial charge in [0.25, 0.3) is 0 Å². The lowest BCUT2D eigenvalue weighted by atomic mass is 9.94. The fraction of sp³-hybridized carbons (Fsp3) is 0.727. The fourth-order valence-corrected chi connectivity index (χ4v) is 2.10. The van der Waals surface area contributed by atoms with Crippen LogP contribution in [0.15, 0.2) is 12.4 Å². The van der Waals surface area contributed by atoms with Gasteiger partial charge in [0.05, 0.1) is 6.20 Å². The molecule has 1 heterocycles. The van der Waals surface area contributed by atoms with E-state index in [1.54, 1.807) is 0 Å². The predicted molar refractivity (Wildman–Crippen MR) is 57.0 cm³/mol. The van der Waals surface area contributed by atoms with Crippen molar-refractivity contribution in [3.8, 4) is 0 Å². The highest BCUT2D eigenvalue weighted by molar-refractivity contribution is 5.17. The Bertz CT molecular complexity index is 312. The summed E-state index contributed by atoms with van der Waals surface area (Å²) < 4.78 is 1.99. The monoisotopic (exact) mass is 193 g/mol. The molecule has 1 saturated carbocycles. The largest absolute Gasteiger partial charge is 0.312 e. The number of nitrogens with one attached hydrogen (secondary N) is 1. The second kappa shape index (κ2) is 3.39. The van der Waals surface area contributed by atoms with Gasteiger partial charge in [0.2, 0.25) is 0 Å². The molecule has 1 aliphatic rings. The molecule has 3 nitrogen and oxygen atoms in total. The summed E-state index contributed by atoms with van der Waals surface area (Å²) in [5, 5.41) is 7.73. The smallest absolute Gasteiger partial charge is 0.0537 e. The standard InChI is InChI=1S/C11H19N3/c1-4-14-8-9(7-13-14)10(12-3)11(2)5-6-11/h7-8,10,12H,4-6H2,1-3H3. The molecule has 1 atom stereocenters. The lowest BCUT2D eigenvalue weighted by Gasteiger charge is -2.21. The van der Waals surface area contributed by atoms with E-state index in [2.05, 4.69) is 30.5 Å². The molecule has 0 amide bonds. The maximum absolute atomic E-state index is 4.32. The summed E-state index contributed by atoms with van der Waals surface area (Å²) in [6.45, 7) is 5.41. The van der Waals surface area contributed by atoms with E-state index >= 15 is 0 Å². The molecule has 1 N–H and O–H groups in total. The van der Waals surface area contributed by atoms with Gasteiger partial charge in [-0.15, -0.1) is 0 Å². The second-order valence-corrected chi connectivity index (χ2v) is 4.51. The molecule has 0 bridgehead atoms. The lowest BCUT2D eigenvalue weighted by Crippen LogP contribution is -2.24. The van der Waals surface area contributed by atoms with Crippen molar-refractivity contribution in [2.24, 2.45) is 5.41 Å². The van der Waals surface area contributed by atoms with Gasteiger partial charge in [0.1, 0.15) is 0 Å². The van der Waals surface area contributed by atoms with Gasteiger partial charge in [-0.05, 0) is 32.2 Å². The van der Waals surface area contributed by atoms with E-state index in [4.69, 9.17) is 0 Å². The summed E-state index contributed by atoms with van der Waals surface area (Å²) >= 11 is 0. The Hall–Kier alpha value is -0.830. The zero-order valence-electron chi connectivity index (χ0n) is 9.25. The Labute approximate surface area is 85.5 Å². The van der Waals surface area contributed by atoms with Crippen molar-refractivity contribution in [2.45, 2.75) is 39.3 Å². The maximum atomic E-state index is 4.32. The van der Waals surface area contributed by atoms with Gasteiger partial charge in [-0.2, -0.15) is 5.10 Å². The molecule has 0 radical (unpaired) electrons. The summed E-state index contributed by atoms with van der Waals surface area (Å²) in [6, 6.07) is 0.475. The van der Waals surface area contributed by atoms with Crippen LogP contribution in [0.3, 0.4) is 0 Å². The topological polar surface area (TPSA) is 29.9 Å². The third-order valence-electron chi connectivity index (χ3n) is 3.33. The highest BCUT2D eigenvalue weighted by atomic mass is 15.3. The second-order valence-electron chi connectivity index (χ2n) is 4.51. The fourth-order valence-electron chi connectivity index (χ4n) is 2.10. The summed E-state index contributed by atoms with van der Waals surface area (Å²) in [4.78, 5) is 0. The Morgan fingerprint density at radius 1 is 1.64 bits per heavy atom. The summed E-state index contributed by atoms with van der Waals surface area (Å²) in [6.07, 6.45) is 6.81. The molecule has 0 aliphatic heterocycles. The van der Waals surface area contributed by atoms with Crippen molar-refractivity contribution < 1.29 is 0 Å². The van der Waals surface area contributed by atoms with Gasteiger partial charge in [-0.3, -0.25) is 4.68 Å². The molecule has 1 aliphatic carbocycles. The molecule has 0 aromatic carbocycles. The summed E-state index contributed by atoms with van der Waals surface area (Å²) in [7, 11) is 2.04. The number of nitrogens with zero attached hydrogens (tertiary/aromatic N) is 2. The van der Waals surface area contributed by atoms with Crippen LogP contribution in [0.4, 0.5) is 0 Å². The van der Waals surface area contributed by atoms with E-state index in [0.29, 0.717) is 11.5 Å². The number of rotatable bonds is 4. The first-order valence-electron chi connectivity index (χ1n) is 5.39. The molecule has 1 aromatic rings. The quantitative estimate of drug-likeness (QED) is 0.792.